The van der Waals surface area contributed by atoms with Gasteiger partial charge in [-0.1, -0.05) is 121 Å². The van der Waals surface area contributed by atoms with Crippen LogP contribution < -0.4 is 67.9 Å². The van der Waals surface area contributed by atoms with Gasteiger partial charge in [0.15, 0.2) is 0 Å². The van der Waals surface area contributed by atoms with E-state index in [2.05, 4.69) is 59.9 Å². The molecule has 0 aliphatic heterocycles. The summed E-state index contributed by atoms with van der Waals surface area (Å²) < 4.78 is 103. The van der Waals surface area contributed by atoms with Crippen LogP contribution in [0, 0.1) is 46.5 Å². The smallest absolute Gasteiger partial charge is 1.00 e. The first-order valence-electron chi connectivity index (χ1n) is 32.6. The standard InChI is InChI=1S/4C21H17F2N3.4BrH.2Ni.9H2O/c4*22-18-8-4-16(5-9-18)12-24-14-20-2-1-3-21(26-20)15-25-13-17-6-10-19(23)11-7-17;;;;;;;;;;;;;;;/h4*1-11,14-15H,12-13H2;4*1H;;;9*1H2/q;;;;;;;;2*+2;;;;;;;;;/p-4. The number of aromatic nitrogens is 4. The molecule has 0 aliphatic carbocycles. The van der Waals surface area contributed by atoms with Crippen LogP contribution in [-0.2, 0) is 85.3 Å². The van der Waals surface area contributed by atoms with E-state index >= 15 is 0 Å². The van der Waals surface area contributed by atoms with Crippen molar-refractivity contribution in [2.45, 2.75) is 52.4 Å². The molecule has 21 nitrogen and oxygen atoms in total. The average Bonchev–Trinajstić information content (AvgIpc) is 0.898. The minimum Gasteiger partial charge on any atom is -1.00 e. The quantitative estimate of drug-likeness (QED) is 0.0417. The van der Waals surface area contributed by atoms with Gasteiger partial charge in [-0.2, -0.15) is 0 Å². The van der Waals surface area contributed by atoms with Gasteiger partial charge in [0.05, 0.1) is 97.9 Å². The summed E-state index contributed by atoms with van der Waals surface area (Å²) in [5.74, 6) is -2.06. The molecule has 119 heavy (non-hydrogen) atoms. The number of hydrogen-bond donors (Lipinski definition) is 0. The molecule has 12 rings (SSSR count). The molecule has 35 heteroatoms. The number of rotatable bonds is 24. The molecule has 0 unspecified atom stereocenters. The number of aliphatic imine (C=N–C) groups is 8. The fourth-order valence-corrected chi connectivity index (χ4v) is 9.13. The number of halogens is 12. The van der Waals surface area contributed by atoms with E-state index in [4.69, 9.17) is 0 Å². The minimum atomic E-state index is -0.257. The molecule has 0 aliphatic rings. The molecule has 640 valence electrons. The Kier molecular flexibility index (Phi) is 70.3. The molecular formula is C84H86Br4F8N12Ni2O9. The summed E-state index contributed by atoms with van der Waals surface area (Å²) in [4.78, 5) is 52.4. The van der Waals surface area contributed by atoms with Crippen LogP contribution in [-0.4, -0.2) is 119 Å². The Hall–Kier alpha value is -10.3. The molecular weight excluding hydrogens is 1910 g/mol. The summed E-state index contributed by atoms with van der Waals surface area (Å²) >= 11 is 0. The van der Waals surface area contributed by atoms with E-state index in [0.717, 1.165) is 90.1 Å². The zero-order chi connectivity index (χ0) is 72.8. The van der Waals surface area contributed by atoms with E-state index in [1.54, 1.807) is 147 Å². The predicted octanol–water partition coefficient (Wildman–Crippen LogP) is -1.02. The van der Waals surface area contributed by atoms with Crippen molar-refractivity contribution in [3.8, 4) is 0 Å². The normalized spacial score (nSPS) is 10.0. The summed E-state index contributed by atoms with van der Waals surface area (Å²) in [6.45, 7) is 3.71. The van der Waals surface area contributed by atoms with E-state index in [0.29, 0.717) is 52.4 Å². The van der Waals surface area contributed by atoms with E-state index in [-0.39, 0.29) is 197 Å². The Morgan fingerprint density at radius 2 is 0.261 bits per heavy atom. The molecule has 18 N–H and O–H groups in total. The molecule has 12 aromatic rings. The molecule has 4 heterocycles. The number of pyridine rings is 4. The third-order valence-corrected chi connectivity index (χ3v) is 14.5. The van der Waals surface area contributed by atoms with Gasteiger partial charge in [0.1, 0.15) is 46.5 Å². The zero-order valence-electron chi connectivity index (χ0n) is 62.7. The van der Waals surface area contributed by atoms with Gasteiger partial charge in [-0.05, 0) is 190 Å². The molecule has 0 fully saturated rings. The van der Waals surface area contributed by atoms with Crippen LogP contribution in [0.2, 0.25) is 0 Å². The van der Waals surface area contributed by atoms with Gasteiger partial charge in [-0.15, -0.1) is 0 Å². The largest absolute Gasteiger partial charge is 2.00 e. The summed E-state index contributed by atoms with van der Waals surface area (Å²) in [6.07, 6.45) is 13.4. The third kappa shape index (κ3) is 48.4. The van der Waals surface area contributed by atoms with E-state index in [9.17, 15) is 35.1 Å². The Bertz CT molecular complexity index is 4020. The molecule has 0 spiro atoms. The Balaban J connectivity index is -0.000000270. The molecule has 4 aromatic heterocycles. The third-order valence-electron chi connectivity index (χ3n) is 14.5. The van der Waals surface area contributed by atoms with Crippen molar-refractivity contribution in [3.05, 3.63) is 404 Å². The zero-order valence-corrected chi connectivity index (χ0v) is 71.0. The van der Waals surface area contributed by atoms with Gasteiger partial charge < -0.3 is 117 Å². The topological polar surface area (TPSA) is 434 Å². The summed E-state index contributed by atoms with van der Waals surface area (Å²) in [5.41, 5.74) is 13.2. The summed E-state index contributed by atoms with van der Waals surface area (Å²) in [5, 5.41) is 0. The molecule has 0 atom stereocenters. The molecule has 0 saturated carbocycles. The van der Waals surface area contributed by atoms with Crippen LogP contribution in [0.5, 0.6) is 0 Å². The van der Waals surface area contributed by atoms with Crippen LogP contribution in [0.1, 0.15) is 90.1 Å². The second-order valence-electron chi connectivity index (χ2n) is 22.7. The summed E-state index contributed by atoms with van der Waals surface area (Å²) in [6, 6.07) is 72.3. The van der Waals surface area contributed by atoms with Crippen molar-refractivity contribution in [2.75, 3.05) is 0 Å². The van der Waals surface area contributed by atoms with Crippen LogP contribution in [0.4, 0.5) is 35.1 Å². The SMILES string of the molecule is Fc1ccc(CN=Cc2cccc(C=NCc3ccc(F)cc3)n2)cc1.Fc1ccc(CN=Cc2cccc(C=NCc3ccc(F)cc3)n2)cc1.Fc1ccc(CN=Cc2cccc(C=NCc3ccc(F)cc3)n2)cc1.Fc1ccc(CN=Cc2cccc(C=NCc3ccc(F)cc3)n2)cc1.O.O.O.O.O.O.O.O.O.[Br-].[Br-].[Br-].[Br-].[Ni+2].[Ni+2]. The fraction of sp³-hybridized carbons (Fsp3) is 0.0952. The van der Waals surface area contributed by atoms with E-state index in [1.807, 2.05) is 72.8 Å². The van der Waals surface area contributed by atoms with Crippen LogP contribution in [0.15, 0.2) is 307 Å². The van der Waals surface area contributed by atoms with Crippen molar-refractivity contribution in [3.63, 3.8) is 0 Å². The van der Waals surface area contributed by atoms with Crippen LogP contribution >= 0.6 is 0 Å². The number of nitrogens with zero attached hydrogens (tertiary/aromatic N) is 12. The number of hydrogen-bond acceptors (Lipinski definition) is 12. The molecule has 8 aromatic carbocycles. The van der Waals surface area contributed by atoms with E-state index < -0.39 is 0 Å². The van der Waals surface area contributed by atoms with Gasteiger partial charge in [-0.25, -0.2) is 55.1 Å². The second-order valence-corrected chi connectivity index (χ2v) is 22.7. The number of benzene rings is 8. The maximum absolute atomic E-state index is 12.9. The van der Waals surface area contributed by atoms with Crippen LogP contribution in [0.25, 0.3) is 0 Å². The van der Waals surface area contributed by atoms with Gasteiger partial charge in [0.2, 0.25) is 0 Å². The first kappa shape index (κ1) is 122. The van der Waals surface area contributed by atoms with Gasteiger partial charge in [0.25, 0.3) is 0 Å². The fourth-order valence-electron chi connectivity index (χ4n) is 9.13. The van der Waals surface area contributed by atoms with Gasteiger partial charge in [-0.3, -0.25) is 39.9 Å². The summed E-state index contributed by atoms with van der Waals surface area (Å²) in [7, 11) is 0. The maximum Gasteiger partial charge on any atom is 2.00 e. The predicted molar refractivity (Wildman–Crippen MR) is 431 cm³/mol. The van der Waals surface area contributed by atoms with Crippen molar-refractivity contribution < 1.29 is 185 Å². The molecule has 0 radical (unpaired) electrons. The average molecular weight is 2000 g/mol. The monoisotopic (exact) mass is 1990 g/mol. The van der Waals surface area contributed by atoms with Crippen molar-refractivity contribution >= 4 is 49.7 Å². The first-order valence-corrected chi connectivity index (χ1v) is 32.6. The molecule has 0 bridgehead atoms. The second kappa shape index (κ2) is 68.6. The van der Waals surface area contributed by atoms with Crippen molar-refractivity contribution in [2.24, 2.45) is 39.9 Å². The van der Waals surface area contributed by atoms with E-state index in [1.165, 1.54) is 97.1 Å². The maximum atomic E-state index is 12.9. The Morgan fingerprint density at radius 3 is 0.353 bits per heavy atom. The van der Waals surface area contributed by atoms with Gasteiger partial charge in [0, 0.05) is 49.7 Å². The minimum absolute atomic E-state index is 0. The van der Waals surface area contributed by atoms with Crippen molar-refractivity contribution in [1.82, 2.24) is 19.9 Å². The Labute approximate surface area is 745 Å². The Morgan fingerprint density at radius 1 is 0.168 bits per heavy atom. The molecule has 0 saturated heterocycles. The first-order chi connectivity index (χ1) is 50.7. The van der Waals surface area contributed by atoms with Gasteiger partial charge >= 0.3 is 33.0 Å². The van der Waals surface area contributed by atoms with Crippen LogP contribution in [0.3, 0.4) is 0 Å². The molecule has 0 amide bonds. The van der Waals surface area contributed by atoms with Crippen molar-refractivity contribution in [1.29, 1.82) is 0 Å².